The largest absolute Gasteiger partial charge is 0.497 e. The first-order valence-corrected chi connectivity index (χ1v) is 7.92. The summed E-state index contributed by atoms with van der Waals surface area (Å²) in [7, 11) is 1.61. The Morgan fingerprint density at radius 1 is 1.20 bits per heavy atom. The van der Waals surface area contributed by atoms with Crippen molar-refractivity contribution in [3.63, 3.8) is 0 Å². The molecule has 3 rings (SSSR count). The summed E-state index contributed by atoms with van der Waals surface area (Å²) in [6.45, 7) is 3.75. The average Bonchev–Trinajstić information content (AvgIpc) is 3.12. The summed E-state index contributed by atoms with van der Waals surface area (Å²) >= 11 is 0. The topological polar surface area (TPSA) is 77.3 Å². The number of nitrogens with zero attached hydrogens (tertiary/aromatic N) is 2. The van der Waals surface area contributed by atoms with E-state index in [1.54, 1.807) is 20.1 Å². The molecule has 0 fully saturated rings. The van der Waals surface area contributed by atoms with Gasteiger partial charge in [-0.2, -0.15) is 4.98 Å². The first-order chi connectivity index (χ1) is 12.1. The Hall–Kier alpha value is -3.15. The van der Waals surface area contributed by atoms with Crippen molar-refractivity contribution >= 4 is 5.91 Å². The van der Waals surface area contributed by atoms with Gasteiger partial charge in [0.05, 0.1) is 7.11 Å². The molecule has 6 heteroatoms. The number of rotatable bonds is 5. The van der Waals surface area contributed by atoms with Crippen LogP contribution in [0.5, 0.6) is 5.75 Å². The van der Waals surface area contributed by atoms with Crippen LogP contribution in [0, 0.1) is 6.92 Å². The van der Waals surface area contributed by atoms with E-state index in [1.165, 1.54) is 0 Å². The lowest BCUT2D eigenvalue weighted by Gasteiger charge is -2.10. The van der Waals surface area contributed by atoms with Crippen molar-refractivity contribution in [3.8, 4) is 17.1 Å². The fourth-order valence-corrected chi connectivity index (χ4v) is 2.40. The van der Waals surface area contributed by atoms with Crippen molar-refractivity contribution in [2.24, 2.45) is 0 Å². The van der Waals surface area contributed by atoms with Gasteiger partial charge in [0.15, 0.2) is 0 Å². The van der Waals surface area contributed by atoms with Gasteiger partial charge in [-0.25, -0.2) is 0 Å². The van der Waals surface area contributed by atoms with Crippen LogP contribution < -0.4 is 10.1 Å². The van der Waals surface area contributed by atoms with E-state index in [9.17, 15) is 4.79 Å². The van der Waals surface area contributed by atoms with Crippen LogP contribution in [0.1, 0.15) is 34.8 Å². The summed E-state index contributed by atoms with van der Waals surface area (Å²) in [5.74, 6) is 1.40. The molecule has 128 valence electrons. The third kappa shape index (κ3) is 3.85. The number of carbonyl (C=O) groups is 1. The van der Waals surface area contributed by atoms with Crippen molar-refractivity contribution in [1.29, 1.82) is 0 Å². The van der Waals surface area contributed by atoms with Crippen molar-refractivity contribution in [3.05, 3.63) is 65.5 Å². The molecule has 6 nitrogen and oxygen atoms in total. The second kappa shape index (κ2) is 7.17. The van der Waals surface area contributed by atoms with Crippen LogP contribution in [0.15, 0.2) is 53.1 Å². The predicted octanol–water partition coefficient (Wildman–Crippen LogP) is 3.54. The van der Waals surface area contributed by atoms with Gasteiger partial charge in [0.25, 0.3) is 5.91 Å². The Kier molecular flexibility index (Phi) is 4.79. The molecule has 3 aromatic rings. The van der Waals surface area contributed by atoms with E-state index in [-0.39, 0.29) is 5.91 Å². The monoisotopic (exact) mass is 337 g/mol. The Morgan fingerprint density at radius 2 is 1.96 bits per heavy atom. The highest BCUT2D eigenvalue weighted by Crippen LogP contribution is 2.21. The number of aromatic nitrogens is 2. The van der Waals surface area contributed by atoms with Gasteiger partial charge in [-0.3, -0.25) is 4.79 Å². The molecule has 0 spiro atoms. The molecule has 0 saturated carbocycles. The lowest BCUT2D eigenvalue weighted by Crippen LogP contribution is -2.26. The SMILES string of the molecule is COc1ccc(-c2noc([C@@H](C)NC(=O)c3cccc(C)c3)n2)cc1. The van der Waals surface area contributed by atoms with Crippen LogP contribution in [0.4, 0.5) is 0 Å². The minimum Gasteiger partial charge on any atom is -0.497 e. The molecule has 0 aliphatic rings. The minimum absolute atomic E-state index is 0.180. The molecule has 1 aromatic heterocycles. The summed E-state index contributed by atoms with van der Waals surface area (Å²) in [6.07, 6.45) is 0. The van der Waals surface area contributed by atoms with Crippen LogP contribution in [0.3, 0.4) is 0 Å². The zero-order chi connectivity index (χ0) is 17.8. The maximum atomic E-state index is 12.3. The van der Waals surface area contributed by atoms with E-state index in [0.29, 0.717) is 17.3 Å². The lowest BCUT2D eigenvalue weighted by atomic mass is 10.1. The van der Waals surface area contributed by atoms with E-state index in [2.05, 4.69) is 15.5 Å². The predicted molar refractivity (Wildman–Crippen MR) is 93.3 cm³/mol. The summed E-state index contributed by atoms with van der Waals surface area (Å²) in [6, 6.07) is 14.4. The third-order valence-corrected chi connectivity index (χ3v) is 3.79. The summed E-state index contributed by atoms with van der Waals surface area (Å²) in [5.41, 5.74) is 2.44. The van der Waals surface area contributed by atoms with E-state index in [4.69, 9.17) is 9.26 Å². The quantitative estimate of drug-likeness (QED) is 0.770. The Morgan fingerprint density at radius 3 is 2.64 bits per heavy atom. The molecule has 0 radical (unpaired) electrons. The van der Waals surface area contributed by atoms with E-state index < -0.39 is 6.04 Å². The fourth-order valence-electron chi connectivity index (χ4n) is 2.40. The molecule has 1 amide bonds. The van der Waals surface area contributed by atoms with E-state index in [0.717, 1.165) is 16.9 Å². The minimum atomic E-state index is -0.396. The molecule has 1 N–H and O–H groups in total. The lowest BCUT2D eigenvalue weighted by molar-refractivity contribution is 0.0932. The average molecular weight is 337 g/mol. The normalized spacial score (nSPS) is 11.8. The van der Waals surface area contributed by atoms with Crippen LogP contribution in [0.2, 0.25) is 0 Å². The van der Waals surface area contributed by atoms with E-state index >= 15 is 0 Å². The highest BCUT2D eigenvalue weighted by Gasteiger charge is 2.18. The molecule has 0 saturated heterocycles. The highest BCUT2D eigenvalue weighted by atomic mass is 16.5. The molecule has 0 unspecified atom stereocenters. The maximum Gasteiger partial charge on any atom is 0.251 e. The van der Waals surface area contributed by atoms with Crippen molar-refractivity contribution in [1.82, 2.24) is 15.5 Å². The smallest absolute Gasteiger partial charge is 0.251 e. The van der Waals surface area contributed by atoms with Crippen molar-refractivity contribution in [2.45, 2.75) is 19.9 Å². The molecule has 0 aliphatic carbocycles. The van der Waals surface area contributed by atoms with Crippen molar-refractivity contribution in [2.75, 3.05) is 7.11 Å². The molecule has 0 aliphatic heterocycles. The highest BCUT2D eigenvalue weighted by molar-refractivity contribution is 5.94. The van der Waals surface area contributed by atoms with Gasteiger partial charge >= 0.3 is 0 Å². The first kappa shape index (κ1) is 16.7. The maximum absolute atomic E-state index is 12.3. The standard InChI is InChI=1S/C19H19N3O3/c1-12-5-4-6-15(11-12)18(23)20-13(2)19-21-17(22-25-19)14-7-9-16(24-3)10-8-14/h4-11,13H,1-3H3,(H,20,23)/t13-/m1/s1. The van der Waals surface area contributed by atoms with Crippen molar-refractivity contribution < 1.29 is 14.1 Å². The molecular formula is C19H19N3O3. The summed E-state index contributed by atoms with van der Waals surface area (Å²) < 4.78 is 10.4. The fraction of sp³-hybridized carbons (Fsp3) is 0.211. The number of benzene rings is 2. The molecular weight excluding hydrogens is 318 g/mol. The van der Waals surface area contributed by atoms with Gasteiger partial charge in [-0.15, -0.1) is 0 Å². The zero-order valence-corrected chi connectivity index (χ0v) is 14.3. The number of methoxy groups -OCH3 is 1. The Labute approximate surface area is 145 Å². The molecule has 1 atom stereocenters. The number of amides is 1. The molecule has 1 heterocycles. The van der Waals surface area contributed by atoms with Crippen LogP contribution >= 0.6 is 0 Å². The van der Waals surface area contributed by atoms with Gasteiger partial charge in [-0.05, 0) is 50.2 Å². The van der Waals surface area contributed by atoms with Crippen LogP contribution in [-0.2, 0) is 0 Å². The van der Waals surface area contributed by atoms with Crippen LogP contribution in [-0.4, -0.2) is 23.2 Å². The number of nitrogens with one attached hydrogen (secondary N) is 1. The summed E-state index contributed by atoms with van der Waals surface area (Å²) in [5, 5.41) is 6.85. The number of aryl methyl sites for hydroxylation is 1. The van der Waals surface area contributed by atoms with Gasteiger partial charge in [-0.1, -0.05) is 22.9 Å². The number of carbonyl (C=O) groups excluding carboxylic acids is 1. The third-order valence-electron chi connectivity index (χ3n) is 3.79. The Balaban J connectivity index is 1.71. The van der Waals surface area contributed by atoms with Gasteiger partial charge in [0, 0.05) is 11.1 Å². The number of hydrogen-bond acceptors (Lipinski definition) is 5. The Bertz CT molecular complexity index is 872. The summed E-state index contributed by atoms with van der Waals surface area (Å²) in [4.78, 5) is 16.7. The van der Waals surface area contributed by atoms with Gasteiger partial charge in [0.1, 0.15) is 11.8 Å². The van der Waals surface area contributed by atoms with Gasteiger partial charge < -0.3 is 14.6 Å². The first-order valence-electron chi connectivity index (χ1n) is 7.92. The molecule has 25 heavy (non-hydrogen) atoms. The second-order valence-electron chi connectivity index (χ2n) is 5.75. The number of hydrogen-bond donors (Lipinski definition) is 1. The molecule has 0 bridgehead atoms. The molecule has 2 aromatic carbocycles. The van der Waals surface area contributed by atoms with E-state index in [1.807, 2.05) is 49.4 Å². The van der Waals surface area contributed by atoms with Gasteiger partial charge in [0.2, 0.25) is 11.7 Å². The zero-order valence-electron chi connectivity index (χ0n) is 14.3. The number of ether oxygens (including phenoxy) is 1. The van der Waals surface area contributed by atoms with Crippen LogP contribution in [0.25, 0.3) is 11.4 Å². The second-order valence-corrected chi connectivity index (χ2v) is 5.75.